The van der Waals surface area contributed by atoms with Gasteiger partial charge in [0.05, 0.1) is 0 Å². The molecule has 0 saturated heterocycles. The van der Waals surface area contributed by atoms with Crippen molar-refractivity contribution in [2.24, 2.45) is 5.73 Å². The summed E-state index contributed by atoms with van der Waals surface area (Å²) in [5, 5.41) is 2.39. The molecule has 0 radical (unpaired) electrons. The zero-order valence-electron chi connectivity index (χ0n) is 14.0. The van der Waals surface area contributed by atoms with Crippen LogP contribution in [-0.4, -0.2) is 25.1 Å². The predicted molar refractivity (Wildman–Crippen MR) is 91.9 cm³/mol. The summed E-state index contributed by atoms with van der Waals surface area (Å²) in [5.74, 6) is 0.207. The number of benzene rings is 2. The van der Waals surface area contributed by atoms with Gasteiger partial charge in [-0.15, -0.1) is 0 Å². The average molecular weight is 344 g/mol. The van der Waals surface area contributed by atoms with E-state index in [0.29, 0.717) is 18.8 Å². The minimum atomic E-state index is -0.609. The van der Waals surface area contributed by atoms with Gasteiger partial charge in [0, 0.05) is 13.5 Å². The van der Waals surface area contributed by atoms with E-state index in [4.69, 9.17) is 15.2 Å². The number of rotatable bonds is 7. The molecule has 0 heterocycles. The molecular weight excluding hydrogens is 322 g/mol. The molecule has 7 heteroatoms. The number of carbonyl (C=O) groups is 2. The molecule has 7 nitrogen and oxygen atoms in total. The molecule has 25 heavy (non-hydrogen) atoms. The van der Waals surface area contributed by atoms with Crippen LogP contribution in [0.3, 0.4) is 0 Å². The van der Waals surface area contributed by atoms with Crippen LogP contribution in [0, 0.1) is 0 Å². The summed E-state index contributed by atoms with van der Waals surface area (Å²) in [6, 6.07) is 14.2. The lowest BCUT2D eigenvalue weighted by atomic mass is 10.1. The summed E-state index contributed by atoms with van der Waals surface area (Å²) in [4.78, 5) is 22.8. The Morgan fingerprint density at radius 1 is 1.12 bits per heavy atom. The van der Waals surface area contributed by atoms with Crippen LogP contribution >= 0.6 is 0 Å². The highest BCUT2D eigenvalue weighted by Crippen LogP contribution is 2.29. The van der Waals surface area contributed by atoms with Crippen molar-refractivity contribution in [2.45, 2.75) is 19.1 Å². The first kappa shape index (κ1) is 18.3. The van der Waals surface area contributed by atoms with Crippen molar-refractivity contribution in [2.75, 3.05) is 7.05 Å². The van der Waals surface area contributed by atoms with Crippen molar-refractivity contribution in [1.82, 2.24) is 5.32 Å². The first-order valence-electron chi connectivity index (χ1n) is 7.81. The molecule has 0 aliphatic rings. The zero-order chi connectivity index (χ0) is 18.2. The van der Waals surface area contributed by atoms with Gasteiger partial charge in [0.15, 0.2) is 17.5 Å². The summed E-state index contributed by atoms with van der Waals surface area (Å²) in [5.41, 5.74) is 10.7. The van der Waals surface area contributed by atoms with Crippen LogP contribution in [0.25, 0.3) is 0 Å². The molecule has 132 valence electrons. The lowest BCUT2D eigenvalue weighted by Gasteiger charge is -2.13. The van der Waals surface area contributed by atoms with Gasteiger partial charge < -0.3 is 26.3 Å². The lowest BCUT2D eigenvalue weighted by Crippen LogP contribution is -2.67. The van der Waals surface area contributed by atoms with Gasteiger partial charge in [-0.25, -0.2) is 4.79 Å². The van der Waals surface area contributed by atoms with Gasteiger partial charge in [0.1, 0.15) is 6.61 Å². The Bertz CT molecular complexity index is 734. The van der Waals surface area contributed by atoms with Gasteiger partial charge >= 0.3 is 6.09 Å². The Kier molecular flexibility index (Phi) is 6.36. The van der Waals surface area contributed by atoms with Crippen LogP contribution in [0.15, 0.2) is 48.5 Å². The van der Waals surface area contributed by atoms with E-state index in [9.17, 15) is 9.59 Å². The molecule has 1 atom stereocenters. The second-order valence-electron chi connectivity index (χ2n) is 5.50. The molecule has 0 bridgehead atoms. The Morgan fingerprint density at radius 2 is 1.84 bits per heavy atom. The second kappa shape index (κ2) is 8.70. The Morgan fingerprint density at radius 3 is 2.48 bits per heavy atom. The molecule has 2 aromatic carbocycles. The fourth-order valence-corrected chi connectivity index (χ4v) is 2.15. The van der Waals surface area contributed by atoms with Crippen molar-refractivity contribution < 1.29 is 24.8 Å². The number of primary amides is 1. The Balaban J connectivity index is 2.18. The normalized spacial score (nSPS) is 11.4. The van der Waals surface area contributed by atoms with Crippen LogP contribution in [0.2, 0.25) is 0 Å². The topological polar surface area (TPSA) is 118 Å². The summed E-state index contributed by atoms with van der Waals surface area (Å²) < 4.78 is 11.0. The SMILES string of the molecule is CNC(=O)Oc1cc(C[C@H]([NH3+])C(N)=O)ccc1OCc1ccccc1. The summed E-state index contributed by atoms with van der Waals surface area (Å²) in [7, 11) is 1.47. The maximum absolute atomic E-state index is 11.6. The quantitative estimate of drug-likeness (QED) is 0.682. The summed E-state index contributed by atoms with van der Waals surface area (Å²) in [6.45, 7) is 0.337. The Labute approximate surface area is 145 Å². The molecule has 0 aliphatic carbocycles. The van der Waals surface area contributed by atoms with Crippen molar-refractivity contribution in [1.29, 1.82) is 0 Å². The van der Waals surface area contributed by atoms with E-state index in [-0.39, 0.29) is 5.75 Å². The Hall–Kier alpha value is -3.06. The van der Waals surface area contributed by atoms with E-state index < -0.39 is 18.0 Å². The van der Waals surface area contributed by atoms with Crippen molar-refractivity contribution >= 4 is 12.0 Å². The fraction of sp³-hybridized carbons (Fsp3) is 0.222. The number of nitrogens with one attached hydrogen (secondary N) is 1. The molecule has 0 saturated carbocycles. The number of quaternary nitrogens is 1. The van der Waals surface area contributed by atoms with Crippen LogP contribution in [0.4, 0.5) is 4.79 Å². The summed E-state index contributed by atoms with van der Waals surface area (Å²) in [6.07, 6.45) is -0.263. The van der Waals surface area contributed by atoms with E-state index in [1.165, 1.54) is 7.05 Å². The molecular formula is C18H22N3O4+. The number of amides is 2. The van der Waals surface area contributed by atoms with Crippen molar-refractivity contribution in [3.8, 4) is 11.5 Å². The van der Waals surface area contributed by atoms with Crippen molar-refractivity contribution in [3.05, 3.63) is 59.7 Å². The van der Waals surface area contributed by atoms with E-state index in [1.807, 2.05) is 30.3 Å². The number of carbonyl (C=O) groups excluding carboxylic acids is 2. The molecule has 0 unspecified atom stereocenters. The average Bonchev–Trinajstić information content (AvgIpc) is 2.61. The molecule has 2 aromatic rings. The van der Waals surface area contributed by atoms with Crippen LogP contribution in [-0.2, 0) is 17.8 Å². The number of nitrogens with two attached hydrogens (primary N) is 1. The molecule has 0 spiro atoms. The highest BCUT2D eigenvalue weighted by Gasteiger charge is 2.17. The van der Waals surface area contributed by atoms with Gasteiger partial charge in [0.25, 0.3) is 5.91 Å². The molecule has 2 amide bonds. The predicted octanol–water partition coefficient (Wildman–Crippen LogP) is 0.622. The highest BCUT2D eigenvalue weighted by atomic mass is 16.6. The molecule has 0 aromatic heterocycles. The monoisotopic (exact) mass is 344 g/mol. The molecule has 6 N–H and O–H groups in total. The zero-order valence-corrected chi connectivity index (χ0v) is 14.0. The number of hydrogen-bond donors (Lipinski definition) is 3. The van der Waals surface area contributed by atoms with Crippen LogP contribution < -0.4 is 26.3 Å². The van der Waals surface area contributed by atoms with Crippen LogP contribution in [0.1, 0.15) is 11.1 Å². The second-order valence-corrected chi connectivity index (χ2v) is 5.50. The third-order valence-corrected chi connectivity index (χ3v) is 3.54. The first-order chi connectivity index (χ1) is 12.0. The van der Waals surface area contributed by atoms with Gasteiger partial charge in [-0.1, -0.05) is 36.4 Å². The minimum absolute atomic E-state index is 0.268. The molecule has 0 fully saturated rings. The minimum Gasteiger partial charge on any atom is -0.485 e. The van der Waals surface area contributed by atoms with Gasteiger partial charge in [-0.3, -0.25) is 4.79 Å². The maximum Gasteiger partial charge on any atom is 0.412 e. The molecule has 2 rings (SSSR count). The first-order valence-corrected chi connectivity index (χ1v) is 7.81. The lowest BCUT2D eigenvalue weighted by molar-refractivity contribution is -0.402. The van der Waals surface area contributed by atoms with E-state index in [0.717, 1.165) is 11.1 Å². The largest absolute Gasteiger partial charge is 0.485 e. The molecule has 0 aliphatic heterocycles. The van der Waals surface area contributed by atoms with Gasteiger partial charge in [-0.05, 0) is 23.3 Å². The van der Waals surface area contributed by atoms with E-state index in [2.05, 4.69) is 11.1 Å². The maximum atomic E-state index is 11.6. The van der Waals surface area contributed by atoms with E-state index >= 15 is 0 Å². The summed E-state index contributed by atoms with van der Waals surface area (Å²) >= 11 is 0. The van der Waals surface area contributed by atoms with Crippen LogP contribution in [0.5, 0.6) is 11.5 Å². The smallest absolute Gasteiger partial charge is 0.412 e. The third kappa shape index (κ3) is 5.50. The number of ether oxygens (including phenoxy) is 2. The van der Waals surface area contributed by atoms with Crippen molar-refractivity contribution in [3.63, 3.8) is 0 Å². The fourth-order valence-electron chi connectivity index (χ4n) is 2.15. The van der Waals surface area contributed by atoms with Gasteiger partial charge in [0.2, 0.25) is 0 Å². The standard InChI is InChI=1S/C18H21N3O4/c1-21-18(23)25-16-10-13(9-14(19)17(20)22)7-8-15(16)24-11-12-5-3-2-4-6-12/h2-8,10,14H,9,11,19H2,1H3,(H2,20,22)(H,21,23)/p+1/t14-/m0/s1. The van der Waals surface area contributed by atoms with E-state index in [1.54, 1.807) is 18.2 Å². The van der Waals surface area contributed by atoms with Gasteiger partial charge in [-0.2, -0.15) is 0 Å². The third-order valence-electron chi connectivity index (χ3n) is 3.54. The number of hydrogen-bond acceptors (Lipinski definition) is 4. The highest BCUT2D eigenvalue weighted by molar-refractivity contribution is 5.78.